The zero-order chi connectivity index (χ0) is 14.3. The molecule has 1 aromatic rings. The number of hydrogen-bond acceptors (Lipinski definition) is 3. The van der Waals surface area contributed by atoms with Crippen molar-refractivity contribution in [3.8, 4) is 0 Å². The zero-order valence-electron chi connectivity index (χ0n) is 12.9. The van der Waals surface area contributed by atoms with Crippen LogP contribution in [0.1, 0.15) is 38.8 Å². The van der Waals surface area contributed by atoms with E-state index < -0.39 is 0 Å². The first-order chi connectivity index (χ1) is 9.13. The van der Waals surface area contributed by atoms with Crippen LogP contribution < -0.4 is 10.2 Å². The summed E-state index contributed by atoms with van der Waals surface area (Å²) in [5.41, 5.74) is 2.60. The molecule has 0 aliphatic carbocycles. The first-order valence-electron chi connectivity index (χ1n) is 7.19. The van der Waals surface area contributed by atoms with Crippen LogP contribution in [0.15, 0.2) is 24.3 Å². The summed E-state index contributed by atoms with van der Waals surface area (Å²) in [4.78, 5) is 2.25. The lowest BCUT2D eigenvalue weighted by Crippen LogP contribution is -2.32. The Balaban J connectivity index is 2.74. The molecule has 2 unspecified atom stereocenters. The summed E-state index contributed by atoms with van der Waals surface area (Å²) in [6, 6.07) is 9.68. The van der Waals surface area contributed by atoms with Crippen LogP contribution in [0.5, 0.6) is 0 Å². The lowest BCUT2D eigenvalue weighted by Gasteiger charge is -2.27. The molecule has 1 rings (SSSR count). The van der Waals surface area contributed by atoms with Crippen molar-refractivity contribution in [1.82, 2.24) is 5.32 Å². The maximum absolute atomic E-state index is 5.21. The molecule has 0 aromatic heterocycles. The number of ether oxygens (including phenoxy) is 1. The lowest BCUT2D eigenvalue weighted by molar-refractivity contribution is 0.183. The van der Waals surface area contributed by atoms with Gasteiger partial charge in [-0.1, -0.05) is 26.0 Å². The van der Waals surface area contributed by atoms with Crippen molar-refractivity contribution in [2.75, 3.05) is 32.2 Å². The van der Waals surface area contributed by atoms with Crippen LogP contribution in [0.2, 0.25) is 0 Å². The third-order valence-corrected chi connectivity index (χ3v) is 3.63. The van der Waals surface area contributed by atoms with Crippen molar-refractivity contribution in [1.29, 1.82) is 0 Å². The summed E-state index contributed by atoms with van der Waals surface area (Å²) < 4.78 is 5.21. The Kier molecular flexibility index (Phi) is 6.89. The number of hydrogen-bond donors (Lipinski definition) is 1. The highest BCUT2D eigenvalue weighted by molar-refractivity contribution is 5.48. The highest BCUT2D eigenvalue weighted by atomic mass is 16.5. The highest BCUT2D eigenvalue weighted by Gasteiger charge is 2.11. The predicted molar refractivity (Wildman–Crippen MR) is 82.9 cm³/mol. The summed E-state index contributed by atoms with van der Waals surface area (Å²) in [5, 5.41) is 3.51. The van der Waals surface area contributed by atoms with Gasteiger partial charge in [0.2, 0.25) is 0 Å². The summed E-state index contributed by atoms with van der Waals surface area (Å²) in [7, 11) is 3.86. The van der Waals surface area contributed by atoms with Gasteiger partial charge in [0.05, 0.1) is 6.61 Å². The minimum Gasteiger partial charge on any atom is -0.383 e. The summed E-state index contributed by atoms with van der Waals surface area (Å²) in [6.07, 6.45) is 1.11. The number of nitrogens with zero attached hydrogens (tertiary/aromatic N) is 1. The molecule has 0 heterocycles. The van der Waals surface area contributed by atoms with Gasteiger partial charge in [0.25, 0.3) is 0 Å². The topological polar surface area (TPSA) is 24.5 Å². The minimum atomic E-state index is 0.381. The molecule has 1 aromatic carbocycles. The lowest BCUT2D eigenvalue weighted by atomic mass is 10.0. The Hall–Kier alpha value is -1.06. The van der Waals surface area contributed by atoms with Gasteiger partial charge in [0, 0.05) is 31.9 Å². The first-order valence-corrected chi connectivity index (χ1v) is 7.19. The van der Waals surface area contributed by atoms with Crippen LogP contribution >= 0.6 is 0 Å². The molecule has 3 heteroatoms. The number of benzene rings is 1. The van der Waals surface area contributed by atoms with Gasteiger partial charge >= 0.3 is 0 Å². The summed E-state index contributed by atoms with van der Waals surface area (Å²) >= 11 is 0. The van der Waals surface area contributed by atoms with Crippen LogP contribution in [-0.2, 0) is 4.74 Å². The molecule has 0 amide bonds. The van der Waals surface area contributed by atoms with Gasteiger partial charge in [0.15, 0.2) is 0 Å². The maximum Gasteiger partial charge on any atom is 0.0663 e. The number of methoxy groups -OCH3 is 1. The van der Waals surface area contributed by atoms with Crippen LogP contribution in [0, 0.1) is 0 Å². The van der Waals surface area contributed by atoms with Crippen LogP contribution in [-0.4, -0.2) is 33.4 Å². The van der Waals surface area contributed by atoms with E-state index in [1.165, 1.54) is 11.3 Å². The van der Waals surface area contributed by atoms with Crippen molar-refractivity contribution in [2.24, 2.45) is 0 Å². The number of rotatable bonds is 8. The average Bonchev–Trinajstić information content (AvgIpc) is 2.44. The van der Waals surface area contributed by atoms with Gasteiger partial charge in [0.1, 0.15) is 0 Å². The quantitative estimate of drug-likeness (QED) is 0.780. The van der Waals surface area contributed by atoms with Gasteiger partial charge in [-0.05, 0) is 37.6 Å². The van der Waals surface area contributed by atoms with E-state index in [1.807, 2.05) is 0 Å². The molecule has 0 fully saturated rings. The van der Waals surface area contributed by atoms with E-state index in [1.54, 1.807) is 7.11 Å². The largest absolute Gasteiger partial charge is 0.383 e. The Morgan fingerprint density at radius 3 is 2.32 bits per heavy atom. The SMILES string of the molecule is CCNC(CC)c1ccc(N(C)C(C)COC)cc1. The van der Waals surface area contributed by atoms with E-state index in [9.17, 15) is 0 Å². The van der Waals surface area contributed by atoms with Crippen molar-refractivity contribution >= 4 is 5.69 Å². The number of anilines is 1. The van der Waals surface area contributed by atoms with E-state index >= 15 is 0 Å². The fourth-order valence-electron chi connectivity index (χ4n) is 2.29. The Morgan fingerprint density at radius 2 is 1.84 bits per heavy atom. The Labute approximate surface area is 118 Å². The van der Waals surface area contributed by atoms with E-state index in [-0.39, 0.29) is 0 Å². The number of nitrogens with one attached hydrogen (secondary N) is 1. The normalized spacial score (nSPS) is 14.2. The Bertz CT molecular complexity index is 350. The Morgan fingerprint density at radius 1 is 1.21 bits per heavy atom. The van der Waals surface area contributed by atoms with E-state index in [0.29, 0.717) is 12.1 Å². The molecule has 108 valence electrons. The first kappa shape index (κ1) is 16.0. The van der Waals surface area contributed by atoms with Gasteiger partial charge in [-0.15, -0.1) is 0 Å². The third-order valence-electron chi connectivity index (χ3n) is 3.63. The molecule has 0 spiro atoms. The molecule has 3 nitrogen and oxygen atoms in total. The standard InChI is InChI=1S/C16H28N2O/c1-6-16(17-7-2)14-8-10-15(11-9-14)18(4)13(3)12-19-5/h8-11,13,16-17H,6-7,12H2,1-5H3. The van der Waals surface area contributed by atoms with Gasteiger partial charge in [-0.3, -0.25) is 0 Å². The summed E-state index contributed by atoms with van der Waals surface area (Å²) in [5.74, 6) is 0. The smallest absolute Gasteiger partial charge is 0.0663 e. The van der Waals surface area contributed by atoms with Gasteiger partial charge < -0.3 is 15.0 Å². The van der Waals surface area contributed by atoms with Crippen molar-refractivity contribution < 1.29 is 4.74 Å². The molecule has 1 N–H and O–H groups in total. The van der Waals surface area contributed by atoms with E-state index in [0.717, 1.165) is 19.6 Å². The minimum absolute atomic E-state index is 0.381. The number of likely N-dealkylation sites (N-methyl/N-ethyl adjacent to an activating group) is 1. The molecule has 0 saturated heterocycles. The highest BCUT2D eigenvalue weighted by Crippen LogP contribution is 2.21. The fourth-order valence-corrected chi connectivity index (χ4v) is 2.29. The molecule has 0 saturated carbocycles. The second-order valence-corrected chi connectivity index (χ2v) is 5.03. The molecule has 0 aliphatic rings. The van der Waals surface area contributed by atoms with Crippen molar-refractivity contribution in [3.63, 3.8) is 0 Å². The van der Waals surface area contributed by atoms with Crippen LogP contribution in [0.25, 0.3) is 0 Å². The summed E-state index contributed by atoms with van der Waals surface area (Å²) in [6.45, 7) is 8.29. The fraction of sp³-hybridized carbons (Fsp3) is 0.625. The molecular formula is C16H28N2O. The molecule has 0 radical (unpaired) electrons. The van der Waals surface area contributed by atoms with Gasteiger partial charge in [-0.25, -0.2) is 0 Å². The molecule has 19 heavy (non-hydrogen) atoms. The molecule has 0 aliphatic heterocycles. The van der Waals surface area contributed by atoms with E-state index in [2.05, 4.69) is 62.3 Å². The third kappa shape index (κ3) is 4.51. The van der Waals surface area contributed by atoms with Crippen LogP contribution in [0.3, 0.4) is 0 Å². The van der Waals surface area contributed by atoms with Gasteiger partial charge in [-0.2, -0.15) is 0 Å². The molecular weight excluding hydrogens is 236 g/mol. The second kappa shape index (κ2) is 8.18. The van der Waals surface area contributed by atoms with Crippen molar-refractivity contribution in [3.05, 3.63) is 29.8 Å². The molecule has 0 bridgehead atoms. The second-order valence-electron chi connectivity index (χ2n) is 5.03. The predicted octanol–water partition coefficient (Wildman–Crippen LogP) is 3.22. The maximum atomic E-state index is 5.21. The average molecular weight is 264 g/mol. The van der Waals surface area contributed by atoms with E-state index in [4.69, 9.17) is 4.74 Å². The molecule has 2 atom stereocenters. The van der Waals surface area contributed by atoms with Crippen molar-refractivity contribution in [2.45, 2.75) is 39.3 Å². The van der Waals surface area contributed by atoms with Crippen LogP contribution in [0.4, 0.5) is 5.69 Å². The zero-order valence-corrected chi connectivity index (χ0v) is 12.9. The monoisotopic (exact) mass is 264 g/mol.